The predicted molar refractivity (Wildman–Crippen MR) is 61.3 cm³/mol. The minimum atomic E-state index is -0.501. The van der Waals surface area contributed by atoms with Crippen LogP contribution in [0.2, 0.25) is 0 Å². The number of aromatic nitrogens is 3. The Morgan fingerprint density at radius 1 is 1.47 bits per heavy atom. The summed E-state index contributed by atoms with van der Waals surface area (Å²) < 4.78 is 15.4. The van der Waals surface area contributed by atoms with E-state index in [4.69, 9.17) is 5.84 Å². The van der Waals surface area contributed by atoms with Crippen LogP contribution in [0.4, 0.5) is 4.39 Å². The summed E-state index contributed by atoms with van der Waals surface area (Å²) in [5.41, 5.74) is 3.63. The third-order valence-corrected chi connectivity index (χ3v) is 2.57. The summed E-state index contributed by atoms with van der Waals surface area (Å²) in [6, 6.07) is 4.20. The fourth-order valence-electron chi connectivity index (χ4n) is 1.77. The number of rotatable bonds is 4. The molecule has 3 N–H and O–H groups in total. The van der Waals surface area contributed by atoms with Gasteiger partial charge < -0.3 is 0 Å². The van der Waals surface area contributed by atoms with Crippen LogP contribution in [0, 0.1) is 5.82 Å². The molecule has 0 aromatic carbocycles. The van der Waals surface area contributed by atoms with E-state index in [1.54, 1.807) is 23.0 Å². The van der Waals surface area contributed by atoms with Crippen molar-refractivity contribution in [1.29, 1.82) is 0 Å². The van der Waals surface area contributed by atoms with Crippen molar-refractivity contribution in [3.8, 4) is 0 Å². The molecule has 0 aliphatic carbocycles. The molecule has 0 radical (unpaired) electrons. The topological polar surface area (TPSA) is 68.8 Å². The van der Waals surface area contributed by atoms with Crippen LogP contribution in [0.1, 0.15) is 24.4 Å². The van der Waals surface area contributed by atoms with Crippen LogP contribution in [0.3, 0.4) is 0 Å². The standard InChI is InChI=1S/C11H14FN5/c1-2-17-9(5-7-15-17)11(16-13)10-8(12)4-3-6-14-10/h3-7,11,16H,2,13H2,1H3. The zero-order chi connectivity index (χ0) is 12.3. The lowest BCUT2D eigenvalue weighted by Crippen LogP contribution is -2.32. The summed E-state index contributed by atoms with van der Waals surface area (Å²) in [6.45, 7) is 2.65. The first-order valence-corrected chi connectivity index (χ1v) is 5.36. The van der Waals surface area contributed by atoms with Gasteiger partial charge in [0.1, 0.15) is 17.6 Å². The number of nitrogens with two attached hydrogens (primary N) is 1. The van der Waals surface area contributed by atoms with Gasteiger partial charge in [-0.3, -0.25) is 15.5 Å². The lowest BCUT2D eigenvalue weighted by molar-refractivity contribution is 0.504. The van der Waals surface area contributed by atoms with Crippen molar-refractivity contribution in [2.24, 2.45) is 5.84 Å². The van der Waals surface area contributed by atoms with Crippen LogP contribution in [-0.2, 0) is 6.54 Å². The fraction of sp³-hybridized carbons (Fsp3) is 0.273. The van der Waals surface area contributed by atoms with E-state index in [1.807, 2.05) is 6.92 Å². The van der Waals surface area contributed by atoms with Crippen LogP contribution in [-0.4, -0.2) is 14.8 Å². The molecule has 0 saturated carbocycles. The predicted octanol–water partition coefficient (Wildman–Crippen LogP) is 0.990. The number of hydrazine groups is 1. The van der Waals surface area contributed by atoms with Crippen LogP contribution in [0.25, 0.3) is 0 Å². The number of nitrogens with zero attached hydrogens (tertiary/aromatic N) is 3. The first-order chi connectivity index (χ1) is 8.27. The number of halogens is 1. The molecule has 0 saturated heterocycles. The van der Waals surface area contributed by atoms with Crippen LogP contribution >= 0.6 is 0 Å². The van der Waals surface area contributed by atoms with E-state index >= 15 is 0 Å². The van der Waals surface area contributed by atoms with E-state index in [-0.39, 0.29) is 11.5 Å². The quantitative estimate of drug-likeness (QED) is 0.612. The maximum absolute atomic E-state index is 13.7. The second-order valence-electron chi connectivity index (χ2n) is 3.54. The van der Waals surface area contributed by atoms with Crippen LogP contribution in [0.15, 0.2) is 30.6 Å². The summed E-state index contributed by atoms with van der Waals surface area (Å²) in [6.07, 6.45) is 3.19. The van der Waals surface area contributed by atoms with Gasteiger partial charge in [-0.15, -0.1) is 0 Å². The third-order valence-electron chi connectivity index (χ3n) is 2.57. The highest BCUT2D eigenvalue weighted by Crippen LogP contribution is 2.21. The molecule has 0 amide bonds. The van der Waals surface area contributed by atoms with E-state index in [1.165, 1.54) is 12.3 Å². The largest absolute Gasteiger partial charge is 0.270 e. The zero-order valence-corrected chi connectivity index (χ0v) is 9.47. The van der Waals surface area contributed by atoms with E-state index in [9.17, 15) is 4.39 Å². The molecule has 2 aromatic rings. The van der Waals surface area contributed by atoms with Crippen LogP contribution in [0.5, 0.6) is 0 Å². The molecule has 0 spiro atoms. The Balaban J connectivity index is 2.44. The van der Waals surface area contributed by atoms with E-state index < -0.39 is 6.04 Å². The van der Waals surface area contributed by atoms with Crippen molar-refractivity contribution < 1.29 is 4.39 Å². The van der Waals surface area contributed by atoms with E-state index in [0.717, 1.165) is 5.69 Å². The normalized spacial score (nSPS) is 12.6. The Morgan fingerprint density at radius 2 is 2.29 bits per heavy atom. The minimum absolute atomic E-state index is 0.269. The van der Waals surface area contributed by atoms with Gasteiger partial charge in [-0.2, -0.15) is 5.10 Å². The summed E-state index contributed by atoms with van der Waals surface area (Å²) >= 11 is 0. The third kappa shape index (κ3) is 2.17. The van der Waals surface area contributed by atoms with E-state index in [2.05, 4.69) is 15.5 Å². The zero-order valence-electron chi connectivity index (χ0n) is 9.47. The average Bonchev–Trinajstić information content (AvgIpc) is 2.81. The van der Waals surface area contributed by atoms with E-state index in [0.29, 0.717) is 6.54 Å². The number of pyridine rings is 1. The molecule has 1 atom stereocenters. The summed E-state index contributed by atoms with van der Waals surface area (Å²) in [7, 11) is 0. The van der Waals surface area contributed by atoms with Gasteiger partial charge in [0.05, 0.1) is 5.69 Å². The lowest BCUT2D eigenvalue weighted by Gasteiger charge is -2.17. The first kappa shape index (κ1) is 11.7. The second kappa shape index (κ2) is 5.03. The Kier molecular flexibility index (Phi) is 3.46. The molecular formula is C11H14FN5. The molecule has 0 bridgehead atoms. The van der Waals surface area contributed by atoms with Gasteiger partial charge in [-0.1, -0.05) is 0 Å². The Hall–Kier alpha value is -1.79. The molecule has 17 heavy (non-hydrogen) atoms. The van der Waals surface area contributed by atoms with Gasteiger partial charge in [0.25, 0.3) is 0 Å². The van der Waals surface area contributed by atoms with Gasteiger partial charge in [0.15, 0.2) is 0 Å². The summed E-state index contributed by atoms with van der Waals surface area (Å²) in [5.74, 6) is 5.10. The fourth-order valence-corrected chi connectivity index (χ4v) is 1.77. The summed E-state index contributed by atoms with van der Waals surface area (Å²) in [5, 5.41) is 4.13. The molecule has 2 heterocycles. The summed E-state index contributed by atoms with van der Waals surface area (Å²) in [4.78, 5) is 4.02. The Labute approximate surface area is 98.4 Å². The van der Waals surface area contributed by atoms with Gasteiger partial charge in [-0.25, -0.2) is 9.82 Å². The number of hydrogen-bond acceptors (Lipinski definition) is 4. The lowest BCUT2D eigenvalue weighted by atomic mass is 10.1. The molecule has 1 unspecified atom stereocenters. The minimum Gasteiger partial charge on any atom is -0.270 e. The number of nitrogens with one attached hydrogen (secondary N) is 1. The molecule has 0 fully saturated rings. The highest BCUT2D eigenvalue weighted by molar-refractivity contribution is 5.22. The molecule has 90 valence electrons. The van der Waals surface area contributed by atoms with Crippen molar-refractivity contribution in [2.45, 2.75) is 19.5 Å². The molecule has 2 rings (SSSR count). The molecule has 0 aliphatic heterocycles. The highest BCUT2D eigenvalue weighted by atomic mass is 19.1. The Bertz CT molecular complexity index is 496. The maximum atomic E-state index is 13.7. The molecule has 5 nitrogen and oxygen atoms in total. The number of aryl methyl sites for hydroxylation is 1. The van der Waals surface area contributed by atoms with Gasteiger partial charge in [0, 0.05) is 18.9 Å². The first-order valence-electron chi connectivity index (χ1n) is 5.36. The molecular weight excluding hydrogens is 221 g/mol. The Morgan fingerprint density at radius 3 is 2.94 bits per heavy atom. The number of hydrogen-bond donors (Lipinski definition) is 2. The molecule has 0 aliphatic rings. The van der Waals surface area contributed by atoms with Gasteiger partial charge in [-0.05, 0) is 25.1 Å². The maximum Gasteiger partial charge on any atom is 0.146 e. The van der Waals surface area contributed by atoms with Gasteiger partial charge in [0.2, 0.25) is 0 Å². The van der Waals surface area contributed by atoms with Crippen molar-refractivity contribution in [3.63, 3.8) is 0 Å². The smallest absolute Gasteiger partial charge is 0.146 e. The van der Waals surface area contributed by atoms with Crippen LogP contribution < -0.4 is 11.3 Å². The van der Waals surface area contributed by atoms with Crippen molar-refractivity contribution in [3.05, 3.63) is 47.8 Å². The molecule has 6 heteroatoms. The monoisotopic (exact) mass is 235 g/mol. The van der Waals surface area contributed by atoms with Crippen molar-refractivity contribution in [1.82, 2.24) is 20.2 Å². The average molecular weight is 235 g/mol. The van der Waals surface area contributed by atoms with Crippen molar-refractivity contribution >= 4 is 0 Å². The highest BCUT2D eigenvalue weighted by Gasteiger charge is 2.20. The molecule has 2 aromatic heterocycles. The SMILES string of the molecule is CCn1nccc1C(NN)c1ncccc1F. The van der Waals surface area contributed by atoms with Crippen molar-refractivity contribution in [2.75, 3.05) is 0 Å². The van der Waals surface area contributed by atoms with Gasteiger partial charge >= 0.3 is 0 Å². The second-order valence-corrected chi connectivity index (χ2v) is 3.54.